The average molecular weight is 428 g/mol. The third kappa shape index (κ3) is 4.21. The summed E-state index contributed by atoms with van der Waals surface area (Å²) >= 11 is 0. The van der Waals surface area contributed by atoms with Crippen LogP contribution in [0.25, 0.3) is 11.0 Å². The van der Waals surface area contributed by atoms with Crippen molar-refractivity contribution in [2.75, 3.05) is 18.1 Å². The molecule has 0 radical (unpaired) electrons. The fraction of sp³-hybridized carbons (Fsp3) is 0.348. The molecule has 1 aliphatic heterocycles. The van der Waals surface area contributed by atoms with Crippen LogP contribution < -0.4 is 4.74 Å². The Balaban J connectivity index is 1.68. The molecule has 1 aromatic heterocycles. The smallest absolute Gasteiger partial charge is 0.290 e. The maximum absolute atomic E-state index is 13.5. The van der Waals surface area contributed by atoms with Crippen LogP contribution in [0.3, 0.4) is 0 Å². The third-order valence-electron chi connectivity index (χ3n) is 5.39. The number of carbonyl (C=O) groups is 1. The van der Waals surface area contributed by atoms with Gasteiger partial charge in [-0.15, -0.1) is 0 Å². The zero-order valence-electron chi connectivity index (χ0n) is 16.9. The van der Waals surface area contributed by atoms with E-state index in [0.717, 1.165) is 11.8 Å². The molecule has 2 heterocycles. The molecule has 0 N–H and O–H groups in total. The van der Waals surface area contributed by atoms with Gasteiger partial charge in [-0.2, -0.15) is 0 Å². The molecule has 4 rings (SSSR count). The van der Waals surface area contributed by atoms with E-state index in [1.807, 2.05) is 61.5 Å². The van der Waals surface area contributed by atoms with Crippen LogP contribution >= 0.6 is 0 Å². The number of rotatable bonds is 7. The maximum Gasteiger partial charge on any atom is 0.290 e. The second kappa shape index (κ2) is 8.52. The fourth-order valence-electron chi connectivity index (χ4n) is 3.93. The van der Waals surface area contributed by atoms with Crippen LogP contribution in [0.15, 0.2) is 59.0 Å². The highest BCUT2D eigenvalue weighted by Crippen LogP contribution is 2.30. The van der Waals surface area contributed by atoms with E-state index in [4.69, 9.17) is 9.15 Å². The van der Waals surface area contributed by atoms with Gasteiger partial charge in [-0.3, -0.25) is 4.79 Å². The van der Waals surface area contributed by atoms with Crippen molar-refractivity contribution in [2.24, 2.45) is 0 Å². The van der Waals surface area contributed by atoms with Gasteiger partial charge < -0.3 is 14.1 Å². The van der Waals surface area contributed by atoms with E-state index in [1.165, 1.54) is 0 Å². The molecule has 3 aromatic rings. The Bertz CT molecular complexity index is 1140. The van der Waals surface area contributed by atoms with Gasteiger partial charge in [0, 0.05) is 23.5 Å². The van der Waals surface area contributed by atoms with Crippen molar-refractivity contribution in [2.45, 2.75) is 32.4 Å². The fourth-order valence-corrected chi connectivity index (χ4v) is 5.66. The predicted molar refractivity (Wildman–Crippen MR) is 115 cm³/mol. The molecule has 1 fully saturated rings. The largest absolute Gasteiger partial charge is 0.489 e. The van der Waals surface area contributed by atoms with E-state index in [1.54, 1.807) is 4.90 Å². The number of fused-ring (bicyclic) bond motifs is 1. The quantitative estimate of drug-likeness (QED) is 0.568. The highest BCUT2D eigenvalue weighted by Gasteiger charge is 2.36. The van der Waals surface area contributed by atoms with E-state index in [0.29, 0.717) is 29.9 Å². The van der Waals surface area contributed by atoms with Gasteiger partial charge in [0.2, 0.25) is 0 Å². The van der Waals surface area contributed by atoms with Crippen LogP contribution in [0.1, 0.15) is 35.9 Å². The molecule has 158 valence electrons. The van der Waals surface area contributed by atoms with Gasteiger partial charge in [-0.25, -0.2) is 8.42 Å². The summed E-state index contributed by atoms with van der Waals surface area (Å²) < 4.78 is 35.9. The molecule has 0 bridgehead atoms. The molecule has 1 saturated heterocycles. The van der Waals surface area contributed by atoms with Gasteiger partial charge in [-0.05, 0) is 31.0 Å². The molecular weight excluding hydrogens is 402 g/mol. The number of ether oxygens (including phenoxy) is 1. The van der Waals surface area contributed by atoms with Crippen LogP contribution in [-0.4, -0.2) is 43.3 Å². The van der Waals surface area contributed by atoms with Gasteiger partial charge in [0.25, 0.3) is 5.91 Å². The SMILES string of the molecule is CCCN(C(=O)c1oc2ccccc2c1COc1ccccc1)C1CCS(=O)(=O)C1. The van der Waals surface area contributed by atoms with Crippen molar-refractivity contribution in [1.82, 2.24) is 4.90 Å². The molecule has 1 unspecified atom stereocenters. The highest BCUT2D eigenvalue weighted by molar-refractivity contribution is 7.91. The standard InChI is InChI=1S/C23H25NO5S/c1-2-13-24(17-12-14-30(26,27)16-17)23(25)22-20(15-28-18-8-4-3-5-9-18)19-10-6-7-11-21(19)29-22/h3-11,17H,2,12-16H2,1H3. The van der Waals surface area contributed by atoms with Crippen LogP contribution in [-0.2, 0) is 16.4 Å². The molecule has 6 nitrogen and oxygen atoms in total. The molecule has 0 saturated carbocycles. The summed E-state index contributed by atoms with van der Waals surface area (Å²) in [6.07, 6.45) is 1.20. The molecular formula is C23H25NO5S. The number of nitrogens with zero attached hydrogens (tertiary/aromatic N) is 1. The third-order valence-corrected chi connectivity index (χ3v) is 7.14. The molecule has 1 aliphatic rings. The van der Waals surface area contributed by atoms with Gasteiger partial charge in [0.05, 0.1) is 11.5 Å². The lowest BCUT2D eigenvalue weighted by atomic mass is 10.1. The van der Waals surface area contributed by atoms with E-state index >= 15 is 0 Å². The number of hydrogen-bond acceptors (Lipinski definition) is 5. The van der Waals surface area contributed by atoms with E-state index < -0.39 is 9.84 Å². The van der Waals surface area contributed by atoms with Crippen molar-refractivity contribution in [3.63, 3.8) is 0 Å². The number of benzene rings is 2. The second-order valence-electron chi connectivity index (χ2n) is 7.56. The van der Waals surface area contributed by atoms with E-state index in [-0.39, 0.29) is 35.8 Å². The van der Waals surface area contributed by atoms with E-state index in [2.05, 4.69) is 0 Å². The predicted octanol–water partition coefficient (Wildman–Crippen LogP) is 4.05. The van der Waals surface area contributed by atoms with Crippen molar-refractivity contribution < 1.29 is 22.4 Å². The Morgan fingerprint density at radius 2 is 1.87 bits per heavy atom. The summed E-state index contributed by atoms with van der Waals surface area (Å²) in [5, 5.41) is 0.826. The maximum atomic E-state index is 13.5. The lowest BCUT2D eigenvalue weighted by Gasteiger charge is -2.27. The molecule has 0 aliphatic carbocycles. The number of furan rings is 1. The second-order valence-corrected chi connectivity index (χ2v) is 9.79. The summed E-state index contributed by atoms with van der Waals surface area (Å²) in [5.74, 6) is 0.782. The molecule has 1 atom stereocenters. The topological polar surface area (TPSA) is 76.8 Å². The Hall–Kier alpha value is -2.80. The van der Waals surface area contributed by atoms with Crippen molar-refractivity contribution in [3.05, 3.63) is 65.9 Å². The normalized spacial score (nSPS) is 17.8. The zero-order valence-corrected chi connectivity index (χ0v) is 17.7. The van der Waals surface area contributed by atoms with Gasteiger partial charge >= 0.3 is 0 Å². The first-order valence-corrected chi connectivity index (χ1v) is 12.0. The Morgan fingerprint density at radius 1 is 1.13 bits per heavy atom. The summed E-state index contributed by atoms with van der Waals surface area (Å²) in [5.41, 5.74) is 1.30. The van der Waals surface area contributed by atoms with Crippen LogP contribution in [0.5, 0.6) is 5.75 Å². The minimum absolute atomic E-state index is 0.00875. The summed E-state index contributed by atoms with van der Waals surface area (Å²) in [4.78, 5) is 15.2. The number of hydrogen-bond donors (Lipinski definition) is 0. The number of para-hydroxylation sites is 2. The molecule has 7 heteroatoms. The first-order chi connectivity index (χ1) is 14.5. The average Bonchev–Trinajstić information content (AvgIpc) is 3.30. The van der Waals surface area contributed by atoms with Crippen molar-refractivity contribution in [3.8, 4) is 5.75 Å². The highest BCUT2D eigenvalue weighted by atomic mass is 32.2. The van der Waals surface area contributed by atoms with Crippen molar-refractivity contribution in [1.29, 1.82) is 0 Å². The Kier molecular flexibility index (Phi) is 5.81. The van der Waals surface area contributed by atoms with Gasteiger partial charge in [0.1, 0.15) is 17.9 Å². The molecule has 0 spiro atoms. The zero-order chi connectivity index (χ0) is 21.1. The monoisotopic (exact) mass is 427 g/mol. The Morgan fingerprint density at radius 3 is 2.57 bits per heavy atom. The van der Waals surface area contributed by atoms with Crippen LogP contribution in [0, 0.1) is 0 Å². The molecule has 30 heavy (non-hydrogen) atoms. The van der Waals surface area contributed by atoms with Gasteiger partial charge in [0.15, 0.2) is 15.6 Å². The number of carbonyl (C=O) groups excluding carboxylic acids is 1. The minimum Gasteiger partial charge on any atom is -0.489 e. The summed E-state index contributed by atoms with van der Waals surface area (Å²) in [6.45, 7) is 2.64. The summed E-state index contributed by atoms with van der Waals surface area (Å²) in [7, 11) is -3.10. The first kappa shape index (κ1) is 20.5. The molecule has 1 amide bonds. The minimum atomic E-state index is -3.10. The van der Waals surface area contributed by atoms with Crippen molar-refractivity contribution >= 4 is 26.7 Å². The number of amides is 1. The lowest BCUT2D eigenvalue weighted by molar-refractivity contribution is 0.0663. The van der Waals surface area contributed by atoms with Crippen LogP contribution in [0.2, 0.25) is 0 Å². The summed E-state index contributed by atoms with van der Waals surface area (Å²) in [6, 6.07) is 16.6. The van der Waals surface area contributed by atoms with Gasteiger partial charge in [-0.1, -0.05) is 43.3 Å². The molecule has 2 aromatic carbocycles. The number of sulfone groups is 1. The lowest BCUT2D eigenvalue weighted by Crippen LogP contribution is -2.41. The van der Waals surface area contributed by atoms with E-state index in [9.17, 15) is 13.2 Å². The first-order valence-electron chi connectivity index (χ1n) is 10.2. The van der Waals surface area contributed by atoms with Crippen LogP contribution in [0.4, 0.5) is 0 Å². The Labute approximate surface area is 176 Å².